The lowest BCUT2D eigenvalue weighted by Crippen LogP contribution is -2.18. The van der Waals surface area contributed by atoms with Crippen LogP contribution in [0.2, 0.25) is 5.02 Å². The molecule has 2 rings (SSSR count). The maximum Gasteiger partial charge on any atom is 0.270 e. The lowest BCUT2D eigenvalue weighted by Gasteiger charge is -2.14. The molecule has 2 aromatic rings. The number of nitrogens with zero attached hydrogens (tertiary/aromatic N) is 1. The molecular formula is C17H18ClN3O5S. The maximum absolute atomic E-state index is 12.5. The third-order valence-electron chi connectivity index (χ3n) is 3.73. The van der Waals surface area contributed by atoms with Gasteiger partial charge >= 0.3 is 0 Å². The number of carbonyl (C=O) groups is 1. The summed E-state index contributed by atoms with van der Waals surface area (Å²) in [7, 11) is -3.47. The highest BCUT2D eigenvalue weighted by molar-refractivity contribution is 7.92. The first-order valence-electron chi connectivity index (χ1n) is 8.00. The molecule has 0 aliphatic heterocycles. The molecule has 0 saturated heterocycles. The fourth-order valence-corrected chi connectivity index (χ4v) is 3.82. The maximum atomic E-state index is 12.5. The van der Waals surface area contributed by atoms with E-state index in [4.69, 9.17) is 11.6 Å². The van der Waals surface area contributed by atoms with E-state index in [0.29, 0.717) is 23.4 Å². The number of non-ortho nitro benzene ring substituents is 1. The summed E-state index contributed by atoms with van der Waals surface area (Å²) in [4.78, 5) is 22.6. The quantitative estimate of drug-likeness (QED) is 0.528. The summed E-state index contributed by atoms with van der Waals surface area (Å²) in [6.45, 7) is 3.42. The van der Waals surface area contributed by atoms with Gasteiger partial charge in [0.2, 0.25) is 10.0 Å². The molecule has 0 spiro atoms. The number of anilines is 2. The van der Waals surface area contributed by atoms with Gasteiger partial charge in [0.15, 0.2) is 0 Å². The highest BCUT2D eigenvalue weighted by atomic mass is 35.5. The van der Waals surface area contributed by atoms with Crippen LogP contribution in [0.4, 0.5) is 17.1 Å². The van der Waals surface area contributed by atoms with Gasteiger partial charge in [0.05, 0.1) is 26.9 Å². The third kappa shape index (κ3) is 5.18. The Morgan fingerprint density at radius 1 is 1.22 bits per heavy atom. The average Bonchev–Trinajstić information content (AvgIpc) is 2.57. The van der Waals surface area contributed by atoms with E-state index >= 15 is 0 Å². The van der Waals surface area contributed by atoms with Crippen LogP contribution in [0.5, 0.6) is 0 Å². The highest BCUT2D eigenvalue weighted by Crippen LogP contribution is 2.27. The van der Waals surface area contributed by atoms with Gasteiger partial charge in [-0.3, -0.25) is 19.6 Å². The minimum absolute atomic E-state index is 0.0125. The molecule has 0 atom stereocenters. The number of amides is 1. The molecule has 0 aromatic heterocycles. The molecule has 2 N–H and O–H groups in total. The van der Waals surface area contributed by atoms with Crippen LogP contribution < -0.4 is 10.0 Å². The standard InChI is InChI=1S/C17H18ClN3O5S/c1-3-9-27(25,26)20-16-6-4-5-15(11(16)2)19-17(22)13-8-7-12(21(23)24)10-14(13)18/h4-8,10,20H,3,9H2,1-2H3,(H,19,22). The number of sulfonamides is 1. The number of hydrogen-bond donors (Lipinski definition) is 2. The molecule has 0 unspecified atom stereocenters. The Morgan fingerprint density at radius 3 is 2.48 bits per heavy atom. The number of nitrogens with one attached hydrogen (secondary N) is 2. The van der Waals surface area contributed by atoms with E-state index in [2.05, 4.69) is 10.0 Å². The summed E-state index contributed by atoms with van der Waals surface area (Å²) in [5.74, 6) is -0.576. The molecule has 0 radical (unpaired) electrons. The van der Waals surface area contributed by atoms with Gasteiger partial charge in [-0.25, -0.2) is 8.42 Å². The van der Waals surface area contributed by atoms with Gasteiger partial charge in [-0.05, 0) is 37.1 Å². The summed E-state index contributed by atoms with van der Waals surface area (Å²) in [5.41, 5.74) is 1.13. The first-order chi connectivity index (χ1) is 12.6. The van der Waals surface area contributed by atoms with E-state index in [-0.39, 0.29) is 22.0 Å². The monoisotopic (exact) mass is 411 g/mol. The summed E-state index contributed by atoms with van der Waals surface area (Å²) in [5, 5.41) is 13.3. The fourth-order valence-electron chi connectivity index (χ4n) is 2.36. The molecule has 0 fully saturated rings. The van der Waals surface area contributed by atoms with E-state index < -0.39 is 20.9 Å². The second-order valence-electron chi connectivity index (χ2n) is 5.77. The van der Waals surface area contributed by atoms with Crippen molar-refractivity contribution >= 4 is 44.6 Å². The molecule has 0 aliphatic rings. The second-order valence-corrected chi connectivity index (χ2v) is 8.02. The Kier molecular flexibility index (Phi) is 6.40. The molecule has 0 bridgehead atoms. The van der Waals surface area contributed by atoms with Crippen molar-refractivity contribution in [3.05, 3.63) is 62.7 Å². The molecule has 0 aliphatic carbocycles. The van der Waals surface area contributed by atoms with Gasteiger partial charge in [0.25, 0.3) is 11.6 Å². The Balaban J connectivity index is 2.26. The SMILES string of the molecule is CCCS(=O)(=O)Nc1cccc(NC(=O)c2ccc([N+](=O)[O-])cc2Cl)c1C. The predicted octanol–water partition coefficient (Wildman–Crippen LogP) is 3.96. The molecule has 8 nitrogen and oxygen atoms in total. The smallest absolute Gasteiger partial charge is 0.270 e. The number of benzene rings is 2. The van der Waals surface area contributed by atoms with Gasteiger partial charge in [0.1, 0.15) is 0 Å². The topological polar surface area (TPSA) is 118 Å². The van der Waals surface area contributed by atoms with Gasteiger partial charge in [-0.15, -0.1) is 0 Å². The minimum atomic E-state index is -3.47. The van der Waals surface area contributed by atoms with E-state index in [1.54, 1.807) is 32.0 Å². The molecule has 0 saturated carbocycles. The first kappa shape index (κ1) is 20.7. The van der Waals surface area contributed by atoms with Crippen molar-refractivity contribution in [2.75, 3.05) is 15.8 Å². The van der Waals surface area contributed by atoms with E-state index in [1.807, 2.05) is 0 Å². The van der Waals surface area contributed by atoms with Crippen molar-refractivity contribution in [3.8, 4) is 0 Å². The van der Waals surface area contributed by atoms with Crippen LogP contribution in [0.1, 0.15) is 29.3 Å². The zero-order chi connectivity index (χ0) is 20.2. The Labute approximate surface area is 161 Å². The number of nitro groups is 1. The zero-order valence-electron chi connectivity index (χ0n) is 14.7. The average molecular weight is 412 g/mol. The van der Waals surface area contributed by atoms with E-state index in [1.165, 1.54) is 12.1 Å². The molecular weight excluding hydrogens is 394 g/mol. The van der Waals surface area contributed by atoms with Crippen molar-refractivity contribution in [2.45, 2.75) is 20.3 Å². The largest absolute Gasteiger partial charge is 0.322 e. The number of rotatable bonds is 7. The Morgan fingerprint density at radius 2 is 1.89 bits per heavy atom. The van der Waals surface area contributed by atoms with Crippen molar-refractivity contribution < 1.29 is 18.1 Å². The normalized spacial score (nSPS) is 11.1. The number of hydrogen-bond acceptors (Lipinski definition) is 5. The molecule has 27 heavy (non-hydrogen) atoms. The molecule has 144 valence electrons. The van der Waals surface area contributed by atoms with Crippen molar-refractivity contribution in [1.29, 1.82) is 0 Å². The van der Waals surface area contributed by atoms with Crippen LogP contribution in [0.25, 0.3) is 0 Å². The van der Waals surface area contributed by atoms with Crippen molar-refractivity contribution in [1.82, 2.24) is 0 Å². The molecule has 10 heteroatoms. The van der Waals surface area contributed by atoms with Crippen LogP contribution in [-0.4, -0.2) is 25.0 Å². The molecule has 2 aromatic carbocycles. The number of halogens is 1. The van der Waals surface area contributed by atoms with Crippen LogP contribution in [0.3, 0.4) is 0 Å². The molecule has 0 heterocycles. The Bertz CT molecular complexity index is 992. The second kappa shape index (κ2) is 8.36. The van der Waals surface area contributed by atoms with Crippen LogP contribution >= 0.6 is 11.6 Å². The van der Waals surface area contributed by atoms with Gasteiger partial charge in [0, 0.05) is 17.8 Å². The number of carbonyl (C=O) groups excluding carboxylic acids is 1. The summed E-state index contributed by atoms with van der Waals surface area (Å²) < 4.78 is 26.4. The predicted molar refractivity (Wildman–Crippen MR) is 105 cm³/mol. The van der Waals surface area contributed by atoms with Crippen LogP contribution in [0, 0.1) is 17.0 Å². The van der Waals surface area contributed by atoms with Crippen LogP contribution in [-0.2, 0) is 10.0 Å². The highest BCUT2D eigenvalue weighted by Gasteiger charge is 2.17. The van der Waals surface area contributed by atoms with Gasteiger partial charge in [-0.1, -0.05) is 24.6 Å². The van der Waals surface area contributed by atoms with E-state index in [0.717, 1.165) is 6.07 Å². The van der Waals surface area contributed by atoms with Crippen LogP contribution in [0.15, 0.2) is 36.4 Å². The van der Waals surface area contributed by atoms with E-state index in [9.17, 15) is 23.3 Å². The third-order valence-corrected chi connectivity index (χ3v) is 5.52. The van der Waals surface area contributed by atoms with Gasteiger partial charge < -0.3 is 5.32 Å². The summed E-state index contributed by atoms with van der Waals surface area (Å²) >= 11 is 5.97. The molecule has 1 amide bonds. The lowest BCUT2D eigenvalue weighted by atomic mass is 10.1. The Hall–Kier alpha value is -2.65. The van der Waals surface area contributed by atoms with Gasteiger partial charge in [-0.2, -0.15) is 0 Å². The fraction of sp³-hybridized carbons (Fsp3) is 0.235. The zero-order valence-corrected chi connectivity index (χ0v) is 16.2. The summed E-state index contributed by atoms with van der Waals surface area (Å²) in [6, 6.07) is 8.35. The number of nitro benzene ring substituents is 1. The van der Waals surface area contributed by atoms with Crippen molar-refractivity contribution in [2.24, 2.45) is 0 Å². The lowest BCUT2D eigenvalue weighted by molar-refractivity contribution is -0.384. The first-order valence-corrected chi connectivity index (χ1v) is 10.0. The minimum Gasteiger partial charge on any atom is -0.322 e. The summed E-state index contributed by atoms with van der Waals surface area (Å²) in [6.07, 6.45) is 0.476. The van der Waals surface area contributed by atoms with Crippen molar-refractivity contribution in [3.63, 3.8) is 0 Å².